The topological polar surface area (TPSA) is 61.4 Å². The number of benzene rings is 1. The molecule has 1 heterocycles. The molecule has 20 heavy (non-hydrogen) atoms. The Hall–Kier alpha value is -1.41. The van der Waals surface area contributed by atoms with Gasteiger partial charge in [-0.15, -0.1) is 0 Å². The Morgan fingerprint density at radius 3 is 2.45 bits per heavy atom. The monoisotopic (exact) mass is 306 g/mol. The first-order valence-corrected chi connectivity index (χ1v) is 7.01. The van der Waals surface area contributed by atoms with Crippen LogP contribution in [0, 0.1) is 0 Å². The minimum Gasteiger partial charge on any atom is -0.379 e. The zero-order valence-corrected chi connectivity index (χ0v) is 11.1. The average Bonchev–Trinajstić information content (AvgIpc) is 2.84. The predicted molar refractivity (Wildman–Crippen MR) is 70.1 cm³/mol. The van der Waals surface area contributed by atoms with Crippen molar-refractivity contribution in [3.63, 3.8) is 0 Å². The fraction of sp³-hybridized carbons (Fsp3) is 0.417. The Morgan fingerprint density at radius 1 is 1.30 bits per heavy atom. The number of hydrazine groups is 1. The highest BCUT2D eigenvalue weighted by atomic mass is 32.2. The van der Waals surface area contributed by atoms with Gasteiger partial charge in [-0.3, -0.25) is 15.6 Å². The van der Waals surface area contributed by atoms with Crippen molar-refractivity contribution < 1.29 is 23.1 Å². The SMILES string of the molecule is O=C(NNc1ccc(C(F)(F)F)cc1)C1(O)CCSC1. The van der Waals surface area contributed by atoms with Crippen molar-refractivity contribution >= 4 is 23.4 Å². The second-order valence-corrected chi connectivity index (χ2v) is 5.59. The van der Waals surface area contributed by atoms with Gasteiger partial charge < -0.3 is 5.11 Å². The van der Waals surface area contributed by atoms with Crippen LogP contribution in [0.2, 0.25) is 0 Å². The fourth-order valence-electron chi connectivity index (χ4n) is 1.72. The summed E-state index contributed by atoms with van der Waals surface area (Å²) in [6.07, 6.45) is -4.03. The van der Waals surface area contributed by atoms with Crippen LogP contribution >= 0.6 is 11.8 Å². The average molecular weight is 306 g/mol. The molecule has 1 saturated heterocycles. The minimum atomic E-state index is -4.39. The molecular formula is C12H13F3N2O2S. The third-order valence-electron chi connectivity index (χ3n) is 2.96. The summed E-state index contributed by atoms with van der Waals surface area (Å²) in [6, 6.07) is 4.23. The van der Waals surface area contributed by atoms with E-state index in [9.17, 15) is 23.1 Å². The molecule has 1 aromatic carbocycles. The molecule has 0 aliphatic carbocycles. The third-order valence-corrected chi connectivity index (χ3v) is 4.13. The van der Waals surface area contributed by atoms with Crippen LogP contribution in [-0.4, -0.2) is 28.1 Å². The number of aliphatic hydroxyl groups is 1. The normalized spacial score (nSPS) is 22.6. The first-order chi connectivity index (χ1) is 9.31. The molecule has 0 aromatic heterocycles. The molecule has 110 valence electrons. The molecule has 1 aliphatic heterocycles. The molecular weight excluding hydrogens is 293 g/mol. The van der Waals surface area contributed by atoms with E-state index >= 15 is 0 Å². The van der Waals surface area contributed by atoms with Crippen molar-refractivity contribution in [1.82, 2.24) is 5.43 Å². The maximum atomic E-state index is 12.4. The van der Waals surface area contributed by atoms with Gasteiger partial charge in [0.25, 0.3) is 5.91 Å². The van der Waals surface area contributed by atoms with Crippen molar-refractivity contribution in [2.45, 2.75) is 18.2 Å². The molecule has 4 nitrogen and oxygen atoms in total. The van der Waals surface area contributed by atoms with Crippen molar-refractivity contribution in [3.05, 3.63) is 29.8 Å². The van der Waals surface area contributed by atoms with Gasteiger partial charge in [-0.1, -0.05) is 0 Å². The maximum absolute atomic E-state index is 12.4. The van der Waals surface area contributed by atoms with Gasteiger partial charge in [-0.25, -0.2) is 0 Å². The molecule has 1 aliphatic rings. The van der Waals surface area contributed by atoms with Crippen LogP contribution in [0.3, 0.4) is 0 Å². The number of anilines is 1. The highest BCUT2D eigenvalue weighted by Gasteiger charge is 2.39. The number of carbonyl (C=O) groups excluding carboxylic acids is 1. The van der Waals surface area contributed by atoms with E-state index in [2.05, 4.69) is 10.9 Å². The van der Waals surface area contributed by atoms with E-state index < -0.39 is 23.2 Å². The predicted octanol–water partition coefficient (Wildman–Crippen LogP) is 2.02. The molecule has 1 fully saturated rings. The number of nitrogens with one attached hydrogen (secondary N) is 2. The number of halogens is 3. The van der Waals surface area contributed by atoms with Crippen LogP contribution in [0.1, 0.15) is 12.0 Å². The van der Waals surface area contributed by atoms with Crippen molar-refractivity contribution in [1.29, 1.82) is 0 Å². The standard InChI is InChI=1S/C12H13F3N2O2S/c13-12(14,15)8-1-3-9(4-2-8)16-17-10(18)11(19)5-6-20-7-11/h1-4,16,19H,5-7H2,(H,17,18). The highest BCUT2D eigenvalue weighted by molar-refractivity contribution is 7.99. The summed E-state index contributed by atoms with van der Waals surface area (Å²) in [5.74, 6) is 0.431. The van der Waals surface area contributed by atoms with Gasteiger partial charge in [0.15, 0.2) is 5.60 Å². The lowest BCUT2D eigenvalue weighted by Gasteiger charge is -2.20. The number of rotatable bonds is 3. The zero-order chi connectivity index (χ0) is 14.8. The Kier molecular flexibility index (Phi) is 4.14. The van der Waals surface area contributed by atoms with Gasteiger partial charge >= 0.3 is 6.18 Å². The largest absolute Gasteiger partial charge is 0.416 e. The summed E-state index contributed by atoms with van der Waals surface area (Å²) in [7, 11) is 0. The molecule has 1 atom stereocenters. The van der Waals surface area contributed by atoms with E-state index in [1.807, 2.05) is 0 Å². The molecule has 0 radical (unpaired) electrons. The molecule has 2 rings (SSSR count). The molecule has 0 saturated carbocycles. The van der Waals surface area contributed by atoms with Crippen LogP contribution in [0.25, 0.3) is 0 Å². The lowest BCUT2D eigenvalue weighted by molar-refractivity contribution is -0.138. The van der Waals surface area contributed by atoms with Crippen molar-refractivity contribution in [2.24, 2.45) is 0 Å². The van der Waals surface area contributed by atoms with Crippen LogP contribution < -0.4 is 10.9 Å². The van der Waals surface area contributed by atoms with Crippen molar-refractivity contribution in [2.75, 3.05) is 16.9 Å². The fourth-order valence-corrected chi connectivity index (χ4v) is 2.96. The van der Waals surface area contributed by atoms with Crippen LogP contribution in [0.4, 0.5) is 18.9 Å². The van der Waals surface area contributed by atoms with E-state index in [1.165, 1.54) is 23.9 Å². The first-order valence-electron chi connectivity index (χ1n) is 5.85. The maximum Gasteiger partial charge on any atom is 0.416 e. The summed E-state index contributed by atoms with van der Waals surface area (Å²) >= 11 is 1.47. The van der Waals surface area contributed by atoms with Gasteiger partial charge in [0.1, 0.15) is 0 Å². The summed E-state index contributed by atoms with van der Waals surface area (Å²) in [4.78, 5) is 11.7. The van der Waals surface area contributed by atoms with E-state index in [0.29, 0.717) is 23.6 Å². The number of alkyl halides is 3. The van der Waals surface area contributed by atoms with E-state index in [4.69, 9.17) is 0 Å². The van der Waals surface area contributed by atoms with Crippen molar-refractivity contribution in [3.8, 4) is 0 Å². The number of hydrogen-bond donors (Lipinski definition) is 3. The number of thioether (sulfide) groups is 1. The molecule has 8 heteroatoms. The molecule has 1 aromatic rings. The molecule has 0 spiro atoms. The molecule has 1 amide bonds. The molecule has 1 unspecified atom stereocenters. The van der Waals surface area contributed by atoms with Gasteiger partial charge in [-0.2, -0.15) is 24.9 Å². The highest BCUT2D eigenvalue weighted by Crippen LogP contribution is 2.30. The van der Waals surface area contributed by atoms with Gasteiger partial charge in [0.05, 0.1) is 11.3 Å². The third kappa shape index (κ3) is 3.37. The Morgan fingerprint density at radius 2 is 1.95 bits per heavy atom. The first kappa shape index (κ1) is 15.0. The van der Waals surface area contributed by atoms with E-state index in [-0.39, 0.29) is 0 Å². The lowest BCUT2D eigenvalue weighted by atomic mass is 10.0. The van der Waals surface area contributed by atoms with Gasteiger partial charge in [-0.05, 0) is 36.4 Å². The van der Waals surface area contributed by atoms with E-state index in [0.717, 1.165) is 12.1 Å². The Bertz CT molecular complexity index is 484. The number of amides is 1. The molecule has 0 bridgehead atoms. The quantitative estimate of drug-likeness (QED) is 0.748. The van der Waals surface area contributed by atoms with Crippen LogP contribution in [0.5, 0.6) is 0 Å². The summed E-state index contributed by atoms with van der Waals surface area (Å²) in [5.41, 5.74) is 2.92. The summed E-state index contributed by atoms with van der Waals surface area (Å²) in [5, 5.41) is 9.97. The number of hydrogen-bond acceptors (Lipinski definition) is 4. The lowest BCUT2D eigenvalue weighted by Crippen LogP contribution is -2.48. The Labute approximate surface area is 117 Å². The summed E-state index contributed by atoms with van der Waals surface area (Å²) in [6.45, 7) is 0. The summed E-state index contributed by atoms with van der Waals surface area (Å²) < 4.78 is 37.1. The van der Waals surface area contributed by atoms with Gasteiger partial charge in [0.2, 0.25) is 0 Å². The molecule has 3 N–H and O–H groups in total. The number of carbonyl (C=O) groups is 1. The minimum absolute atomic E-state index is 0.306. The smallest absolute Gasteiger partial charge is 0.379 e. The zero-order valence-electron chi connectivity index (χ0n) is 10.3. The second kappa shape index (κ2) is 5.53. The Balaban J connectivity index is 1.93. The van der Waals surface area contributed by atoms with Gasteiger partial charge in [0, 0.05) is 5.75 Å². The van der Waals surface area contributed by atoms with Crippen LogP contribution in [0.15, 0.2) is 24.3 Å². The second-order valence-electron chi connectivity index (χ2n) is 4.49. The van der Waals surface area contributed by atoms with E-state index in [1.54, 1.807) is 0 Å². The van der Waals surface area contributed by atoms with Crippen LogP contribution in [-0.2, 0) is 11.0 Å².